The van der Waals surface area contributed by atoms with E-state index >= 15 is 0 Å². The second-order valence-electron chi connectivity index (χ2n) is 5.78. The zero-order chi connectivity index (χ0) is 20.1. The third-order valence-electron chi connectivity index (χ3n) is 3.83. The third-order valence-corrected chi connectivity index (χ3v) is 4.14. The lowest BCUT2D eigenvalue weighted by Gasteiger charge is -2.09. The molecule has 140 valence electrons. The van der Waals surface area contributed by atoms with Gasteiger partial charge in [-0.3, -0.25) is 19.7 Å². The summed E-state index contributed by atoms with van der Waals surface area (Å²) in [6.45, 7) is 0. The van der Waals surface area contributed by atoms with Crippen molar-refractivity contribution in [3.63, 3.8) is 0 Å². The van der Waals surface area contributed by atoms with Gasteiger partial charge in [-0.2, -0.15) is 0 Å². The topological polar surface area (TPSA) is 101 Å². The Balaban J connectivity index is 1.74. The summed E-state index contributed by atoms with van der Waals surface area (Å²) in [5, 5.41) is 16.1. The van der Waals surface area contributed by atoms with E-state index in [1.807, 2.05) is 6.07 Å². The largest absolute Gasteiger partial charge is 0.322 e. The summed E-state index contributed by atoms with van der Waals surface area (Å²) in [5.41, 5.74) is 1.32. The maximum atomic E-state index is 12.5. The van der Waals surface area contributed by atoms with Crippen molar-refractivity contribution in [3.8, 4) is 0 Å². The summed E-state index contributed by atoms with van der Waals surface area (Å²) >= 11 is 6.00. The lowest BCUT2D eigenvalue weighted by molar-refractivity contribution is -0.384. The number of amides is 2. The van der Waals surface area contributed by atoms with Crippen molar-refractivity contribution in [2.75, 3.05) is 10.6 Å². The fourth-order valence-electron chi connectivity index (χ4n) is 2.44. The Labute approximate surface area is 165 Å². The number of nitrogens with one attached hydrogen (secondary N) is 2. The van der Waals surface area contributed by atoms with E-state index in [2.05, 4.69) is 10.6 Å². The first-order chi connectivity index (χ1) is 13.4. The predicted octanol–water partition coefficient (Wildman–Crippen LogP) is 4.75. The van der Waals surface area contributed by atoms with Crippen LogP contribution in [0.3, 0.4) is 0 Å². The number of benzene rings is 3. The number of anilines is 2. The van der Waals surface area contributed by atoms with Gasteiger partial charge in [-0.25, -0.2) is 0 Å². The van der Waals surface area contributed by atoms with E-state index in [-0.39, 0.29) is 22.3 Å². The van der Waals surface area contributed by atoms with Gasteiger partial charge in [-0.05, 0) is 36.4 Å². The minimum atomic E-state index is -0.573. The molecule has 0 bridgehead atoms. The van der Waals surface area contributed by atoms with Crippen LogP contribution in [0.1, 0.15) is 20.7 Å². The maximum Gasteiger partial charge on any atom is 0.271 e. The van der Waals surface area contributed by atoms with Gasteiger partial charge in [-0.1, -0.05) is 35.9 Å². The molecule has 7 nitrogen and oxygen atoms in total. The van der Waals surface area contributed by atoms with Crippen LogP contribution in [0.4, 0.5) is 17.1 Å². The van der Waals surface area contributed by atoms with Crippen LogP contribution >= 0.6 is 11.6 Å². The molecule has 0 heterocycles. The Kier molecular flexibility index (Phi) is 5.67. The lowest BCUT2D eigenvalue weighted by atomic mass is 10.1. The molecular weight excluding hydrogens is 382 g/mol. The van der Waals surface area contributed by atoms with Gasteiger partial charge in [0, 0.05) is 28.9 Å². The number of halogens is 1. The Bertz CT molecular complexity index is 1050. The highest BCUT2D eigenvalue weighted by atomic mass is 35.5. The predicted molar refractivity (Wildman–Crippen MR) is 107 cm³/mol. The van der Waals surface area contributed by atoms with Crippen molar-refractivity contribution in [2.45, 2.75) is 0 Å². The van der Waals surface area contributed by atoms with Crippen molar-refractivity contribution in [3.05, 3.63) is 99.1 Å². The molecule has 0 unspecified atom stereocenters. The molecule has 0 aromatic heterocycles. The molecule has 3 aromatic carbocycles. The van der Waals surface area contributed by atoms with Crippen LogP contribution in [-0.2, 0) is 0 Å². The third kappa shape index (κ3) is 4.52. The van der Waals surface area contributed by atoms with Crippen molar-refractivity contribution in [2.24, 2.45) is 0 Å². The van der Waals surface area contributed by atoms with Crippen LogP contribution in [0.2, 0.25) is 5.02 Å². The quantitative estimate of drug-likeness (QED) is 0.480. The summed E-state index contributed by atoms with van der Waals surface area (Å²) in [6.07, 6.45) is 0. The smallest absolute Gasteiger partial charge is 0.271 e. The minimum Gasteiger partial charge on any atom is -0.322 e. The lowest BCUT2D eigenvalue weighted by Crippen LogP contribution is -2.14. The average molecular weight is 396 g/mol. The molecule has 0 fully saturated rings. The molecule has 0 saturated carbocycles. The molecule has 0 aliphatic rings. The molecule has 0 aliphatic carbocycles. The second-order valence-corrected chi connectivity index (χ2v) is 6.18. The van der Waals surface area contributed by atoms with Crippen molar-refractivity contribution in [1.82, 2.24) is 0 Å². The van der Waals surface area contributed by atoms with Crippen molar-refractivity contribution >= 4 is 40.5 Å². The molecule has 2 amide bonds. The molecule has 3 rings (SSSR count). The Morgan fingerprint density at radius 3 is 2.18 bits per heavy atom. The summed E-state index contributed by atoms with van der Waals surface area (Å²) < 4.78 is 0. The van der Waals surface area contributed by atoms with Crippen LogP contribution in [0.5, 0.6) is 0 Å². The average Bonchev–Trinajstić information content (AvgIpc) is 2.70. The number of non-ortho nitro benzene ring substituents is 1. The molecule has 0 atom stereocenters. The van der Waals surface area contributed by atoms with Gasteiger partial charge in [0.2, 0.25) is 0 Å². The monoisotopic (exact) mass is 395 g/mol. The molecule has 0 saturated heterocycles. The molecule has 0 radical (unpaired) electrons. The van der Waals surface area contributed by atoms with Crippen LogP contribution in [0, 0.1) is 10.1 Å². The summed E-state index contributed by atoms with van der Waals surface area (Å²) in [5.74, 6) is -0.761. The first kappa shape index (κ1) is 19.1. The highest BCUT2D eigenvalue weighted by molar-refractivity contribution is 6.34. The van der Waals surface area contributed by atoms with E-state index in [0.29, 0.717) is 16.8 Å². The molecule has 8 heteroatoms. The van der Waals surface area contributed by atoms with Crippen LogP contribution in [0.25, 0.3) is 0 Å². The van der Waals surface area contributed by atoms with E-state index < -0.39 is 10.8 Å². The number of hydrogen-bond donors (Lipinski definition) is 2. The summed E-state index contributed by atoms with van der Waals surface area (Å²) in [6, 6.07) is 18.9. The van der Waals surface area contributed by atoms with E-state index in [1.165, 1.54) is 18.2 Å². The van der Waals surface area contributed by atoms with Gasteiger partial charge >= 0.3 is 0 Å². The van der Waals surface area contributed by atoms with E-state index in [0.717, 1.165) is 6.07 Å². The first-order valence-electron chi connectivity index (χ1n) is 8.16. The van der Waals surface area contributed by atoms with Crippen molar-refractivity contribution < 1.29 is 14.5 Å². The summed E-state index contributed by atoms with van der Waals surface area (Å²) in [4.78, 5) is 34.9. The molecule has 0 spiro atoms. The van der Waals surface area contributed by atoms with E-state index in [4.69, 9.17) is 11.6 Å². The van der Waals surface area contributed by atoms with Gasteiger partial charge < -0.3 is 10.6 Å². The molecule has 28 heavy (non-hydrogen) atoms. The molecule has 3 aromatic rings. The number of rotatable bonds is 5. The summed E-state index contributed by atoms with van der Waals surface area (Å²) in [7, 11) is 0. The molecule has 2 N–H and O–H groups in total. The van der Waals surface area contributed by atoms with E-state index in [1.54, 1.807) is 42.5 Å². The number of nitro groups is 1. The van der Waals surface area contributed by atoms with Crippen LogP contribution < -0.4 is 10.6 Å². The normalized spacial score (nSPS) is 10.2. The van der Waals surface area contributed by atoms with Crippen molar-refractivity contribution in [1.29, 1.82) is 0 Å². The highest BCUT2D eigenvalue weighted by Crippen LogP contribution is 2.27. The Hall–Kier alpha value is -3.71. The standard InChI is InChI=1S/C20H14ClN3O4/c21-17-12-16(24(27)28)9-10-18(17)23-20(26)14-7-4-8-15(11-14)22-19(25)13-5-2-1-3-6-13/h1-12H,(H,22,25)(H,23,26). The number of carbonyl (C=O) groups excluding carboxylic acids is 2. The van der Waals surface area contributed by atoms with Gasteiger partial charge in [-0.15, -0.1) is 0 Å². The Morgan fingerprint density at radius 2 is 1.50 bits per heavy atom. The second kappa shape index (κ2) is 8.32. The van der Waals surface area contributed by atoms with E-state index in [9.17, 15) is 19.7 Å². The number of nitrogens with zero attached hydrogens (tertiary/aromatic N) is 1. The van der Waals surface area contributed by atoms with Gasteiger partial charge in [0.1, 0.15) is 0 Å². The fourth-order valence-corrected chi connectivity index (χ4v) is 2.67. The number of nitro benzene ring substituents is 1. The van der Waals surface area contributed by atoms with Gasteiger partial charge in [0.05, 0.1) is 15.6 Å². The van der Waals surface area contributed by atoms with Gasteiger partial charge in [0.25, 0.3) is 17.5 Å². The fraction of sp³-hybridized carbons (Fsp3) is 0. The minimum absolute atomic E-state index is 0.0519. The molecular formula is C20H14ClN3O4. The Morgan fingerprint density at radius 1 is 0.821 bits per heavy atom. The molecule has 0 aliphatic heterocycles. The van der Waals surface area contributed by atoms with Crippen LogP contribution in [0.15, 0.2) is 72.8 Å². The number of hydrogen-bond acceptors (Lipinski definition) is 4. The van der Waals surface area contributed by atoms with Gasteiger partial charge in [0.15, 0.2) is 0 Å². The highest BCUT2D eigenvalue weighted by Gasteiger charge is 2.13. The zero-order valence-corrected chi connectivity index (χ0v) is 15.1. The van der Waals surface area contributed by atoms with Crippen LogP contribution in [-0.4, -0.2) is 16.7 Å². The number of carbonyl (C=O) groups is 2. The SMILES string of the molecule is O=C(Nc1cccc(C(=O)Nc2ccc([N+](=O)[O-])cc2Cl)c1)c1ccccc1. The maximum absolute atomic E-state index is 12.5. The zero-order valence-electron chi connectivity index (χ0n) is 14.4. The first-order valence-corrected chi connectivity index (χ1v) is 8.53.